The van der Waals surface area contributed by atoms with Crippen molar-refractivity contribution in [2.75, 3.05) is 20.2 Å². The first-order valence-corrected chi connectivity index (χ1v) is 8.54. The zero-order chi connectivity index (χ0) is 17.4. The molecular weight excluding hydrogens is 304 g/mol. The van der Waals surface area contributed by atoms with E-state index in [4.69, 9.17) is 4.74 Å². The summed E-state index contributed by atoms with van der Waals surface area (Å²) in [5.41, 5.74) is 1.70. The lowest BCUT2D eigenvalue weighted by Gasteiger charge is -2.15. The summed E-state index contributed by atoms with van der Waals surface area (Å²) in [6.07, 6.45) is 2.25. The van der Waals surface area contributed by atoms with E-state index in [2.05, 4.69) is 34.8 Å². The number of aliphatic imine (C=N–C) groups is 1. The van der Waals surface area contributed by atoms with Crippen molar-refractivity contribution in [1.29, 1.82) is 0 Å². The Bertz CT molecular complexity index is 566. The number of carbonyl (C=O) groups is 1. The molecule has 0 spiro atoms. The van der Waals surface area contributed by atoms with Crippen molar-refractivity contribution >= 4 is 11.9 Å². The van der Waals surface area contributed by atoms with E-state index < -0.39 is 0 Å². The minimum absolute atomic E-state index is 0.0583. The third-order valence-electron chi connectivity index (χ3n) is 3.81. The number of nitrogens with zero attached hydrogens (tertiary/aromatic N) is 1. The molecule has 1 aliphatic heterocycles. The second-order valence-electron chi connectivity index (χ2n) is 6.27. The number of amides is 1. The van der Waals surface area contributed by atoms with Crippen LogP contribution in [0, 0.1) is 0 Å². The maximum absolute atomic E-state index is 12.3. The molecule has 0 aromatic heterocycles. The zero-order valence-corrected chi connectivity index (χ0v) is 14.8. The molecule has 1 aliphatic rings. The Labute approximate surface area is 144 Å². The molecule has 0 saturated carbocycles. The van der Waals surface area contributed by atoms with Crippen LogP contribution in [0.4, 0.5) is 0 Å². The van der Waals surface area contributed by atoms with Crippen LogP contribution < -0.4 is 16.0 Å². The molecule has 1 aromatic carbocycles. The molecule has 3 N–H and O–H groups in total. The molecule has 1 unspecified atom stereocenters. The summed E-state index contributed by atoms with van der Waals surface area (Å²) in [5.74, 6) is 0.690. The number of hydrogen-bond acceptors (Lipinski definition) is 3. The summed E-state index contributed by atoms with van der Waals surface area (Å²) >= 11 is 0. The third kappa shape index (κ3) is 5.85. The fourth-order valence-electron chi connectivity index (χ4n) is 2.59. The van der Waals surface area contributed by atoms with Crippen molar-refractivity contribution in [2.45, 2.75) is 45.4 Å². The third-order valence-corrected chi connectivity index (χ3v) is 3.81. The fraction of sp³-hybridized carbons (Fsp3) is 0.556. The molecule has 1 saturated heterocycles. The summed E-state index contributed by atoms with van der Waals surface area (Å²) < 4.78 is 5.53. The van der Waals surface area contributed by atoms with E-state index in [1.165, 1.54) is 0 Å². The molecule has 1 atom stereocenters. The molecule has 0 aliphatic carbocycles. The Hall–Kier alpha value is -2.08. The number of ether oxygens (including phenoxy) is 1. The van der Waals surface area contributed by atoms with E-state index in [0.29, 0.717) is 24.7 Å². The molecular formula is C18H28N4O2. The highest BCUT2D eigenvalue weighted by atomic mass is 16.5. The molecule has 1 fully saturated rings. The first kappa shape index (κ1) is 18.3. The number of rotatable bonds is 6. The molecule has 24 heavy (non-hydrogen) atoms. The van der Waals surface area contributed by atoms with Gasteiger partial charge >= 0.3 is 0 Å². The Balaban J connectivity index is 1.86. The van der Waals surface area contributed by atoms with Gasteiger partial charge in [-0.3, -0.25) is 9.79 Å². The number of benzene rings is 1. The van der Waals surface area contributed by atoms with Crippen LogP contribution in [0.2, 0.25) is 0 Å². The molecule has 2 rings (SSSR count). The van der Waals surface area contributed by atoms with E-state index in [9.17, 15) is 4.79 Å². The number of nitrogens with one attached hydrogen (secondary N) is 3. The van der Waals surface area contributed by atoms with Gasteiger partial charge in [0.1, 0.15) is 0 Å². The van der Waals surface area contributed by atoms with Crippen LogP contribution in [0.1, 0.15) is 42.6 Å². The minimum atomic E-state index is -0.0583. The smallest absolute Gasteiger partial charge is 0.251 e. The van der Waals surface area contributed by atoms with Crippen molar-refractivity contribution in [3.63, 3.8) is 0 Å². The van der Waals surface area contributed by atoms with Gasteiger partial charge in [0.15, 0.2) is 5.96 Å². The Morgan fingerprint density at radius 3 is 2.88 bits per heavy atom. The van der Waals surface area contributed by atoms with Gasteiger partial charge in [0.25, 0.3) is 5.91 Å². The van der Waals surface area contributed by atoms with Gasteiger partial charge in [-0.1, -0.05) is 12.1 Å². The van der Waals surface area contributed by atoms with Gasteiger partial charge in [0.05, 0.1) is 6.10 Å². The van der Waals surface area contributed by atoms with Crippen LogP contribution in [0.25, 0.3) is 0 Å². The number of hydrogen-bond donors (Lipinski definition) is 3. The lowest BCUT2D eigenvalue weighted by atomic mass is 10.1. The van der Waals surface area contributed by atoms with Crippen molar-refractivity contribution < 1.29 is 9.53 Å². The Morgan fingerprint density at radius 2 is 2.21 bits per heavy atom. The first-order chi connectivity index (χ1) is 11.6. The second kappa shape index (κ2) is 9.27. The van der Waals surface area contributed by atoms with Gasteiger partial charge in [-0.15, -0.1) is 0 Å². The van der Waals surface area contributed by atoms with Gasteiger partial charge in [0.2, 0.25) is 0 Å². The van der Waals surface area contributed by atoms with Crippen LogP contribution in [0.15, 0.2) is 29.3 Å². The first-order valence-electron chi connectivity index (χ1n) is 8.54. The molecule has 6 nitrogen and oxygen atoms in total. The normalized spacial score (nSPS) is 17.8. The number of carbonyl (C=O) groups excluding carboxylic acids is 1. The Morgan fingerprint density at radius 1 is 1.38 bits per heavy atom. The SMILES string of the molecule is CN=C(NCc1cccc(C(=O)NCC2CCCO2)c1)NC(C)C. The van der Waals surface area contributed by atoms with Gasteiger partial charge < -0.3 is 20.7 Å². The van der Waals surface area contributed by atoms with Crippen LogP contribution in [0.5, 0.6) is 0 Å². The average Bonchev–Trinajstić information content (AvgIpc) is 3.10. The molecule has 6 heteroatoms. The highest BCUT2D eigenvalue weighted by Gasteiger charge is 2.16. The van der Waals surface area contributed by atoms with Crippen molar-refractivity contribution in [3.8, 4) is 0 Å². The van der Waals surface area contributed by atoms with Crippen LogP contribution in [0.3, 0.4) is 0 Å². The predicted molar refractivity (Wildman–Crippen MR) is 96.2 cm³/mol. The van der Waals surface area contributed by atoms with E-state index in [-0.39, 0.29) is 12.0 Å². The largest absolute Gasteiger partial charge is 0.376 e. The number of guanidine groups is 1. The second-order valence-corrected chi connectivity index (χ2v) is 6.27. The van der Waals surface area contributed by atoms with E-state index in [1.54, 1.807) is 7.05 Å². The summed E-state index contributed by atoms with van der Waals surface area (Å²) in [6.45, 7) is 6.11. The molecule has 0 bridgehead atoms. The minimum Gasteiger partial charge on any atom is -0.376 e. The highest BCUT2D eigenvalue weighted by molar-refractivity contribution is 5.94. The molecule has 132 valence electrons. The standard InChI is InChI=1S/C18H28N4O2/c1-13(2)22-18(19-3)21-11-14-6-4-7-15(10-14)17(23)20-12-16-8-5-9-24-16/h4,6-7,10,13,16H,5,8-9,11-12H2,1-3H3,(H,20,23)(H2,19,21,22). The van der Waals surface area contributed by atoms with Crippen molar-refractivity contribution in [1.82, 2.24) is 16.0 Å². The Kier molecular flexibility index (Phi) is 7.06. The van der Waals surface area contributed by atoms with Gasteiger partial charge in [-0.25, -0.2) is 0 Å². The van der Waals surface area contributed by atoms with E-state index in [1.807, 2.05) is 24.3 Å². The molecule has 1 amide bonds. The van der Waals surface area contributed by atoms with Gasteiger partial charge in [0, 0.05) is 38.3 Å². The van der Waals surface area contributed by atoms with E-state index in [0.717, 1.165) is 31.0 Å². The van der Waals surface area contributed by atoms with Crippen LogP contribution in [-0.2, 0) is 11.3 Å². The summed E-state index contributed by atoms with van der Waals surface area (Å²) in [6, 6.07) is 7.94. The van der Waals surface area contributed by atoms with Crippen molar-refractivity contribution in [2.24, 2.45) is 4.99 Å². The molecule has 1 aromatic rings. The topological polar surface area (TPSA) is 74.8 Å². The van der Waals surface area contributed by atoms with E-state index >= 15 is 0 Å². The highest BCUT2D eigenvalue weighted by Crippen LogP contribution is 2.11. The summed E-state index contributed by atoms with van der Waals surface area (Å²) in [5, 5.41) is 9.43. The zero-order valence-electron chi connectivity index (χ0n) is 14.8. The maximum atomic E-state index is 12.3. The summed E-state index contributed by atoms with van der Waals surface area (Å²) in [4.78, 5) is 16.4. The van der Waals surface area contributed by atoms with Crippen LogP contribution >= 0.6 is 0 Å². The predicted octanol–water partition coefficient (Wildman–Crippen LogP) is 1.67. The average molecular weight is 332 g/mol. The lowest BCUT2D eigenvalue weighted by Crippen LogP contribution is -2.40. The monoisotopic (exact) mass is 332 g/mol. The molecule has 0 radical (unpaired) electrons. The van der Waals surface area contributed by atoms with Crippen molar-refractivity contribution in [3.05, 3.63) is 35.4 Å². The lowest BCUT2D eigenvalue weighted by molar-refractivity contribution is 0.0857. The van der Waals surface area contributed by atoms with Gasteiger partial charge in [-0.2, -0.15) is 0 Å². The maximum Gasteiger partial charge on any atom is 0.251 e. The molecule has 1 heterocycles. The van der Waals surface area contributed by atoms with Gasteiger partial charge in [-0.05, 0) is 44.4 Å². The van der Waals surface area contributed by atoms with Crippen LogP contribution in [-0.4, -0.2) is 44.2 Å². The summed E-state index contributed by atoms with van der Waals surface area (Å²) in [7, 11) is 1.74. The fourth-order valence-corrected chi connectivity index (χ4v) is 2.59. The quantitative estimate of drug-likeness (QED) is 0.547.